The number of hydrogen-bond acceptors (Lipinski definition) is 2. The topological polar surface area (TPSA) is 30.2 Å². The van der Waals surface area contributed by atoms with Crippen LogP contribution in [0, 0.1) is 6.92 Å². The average Bonchev–Trinajstić information content (AvgIpc) is 2.47. The minimum Gasteiger partial charge on any atom is -0.212 e. The third-order valence-corrected chi connectivity index (χ3v) is 2.34. The number of halogens is 1. The minimum absolute atomic E-state index is 0.325. The first kappa shape index (κ1) is 9.46. The predicted molar refractivity (Wildman–Crippen MR) is 56.8 cm³/mol. The van der Waals surface area contributed by atoms with Crippen LogP contribution in [0.1, 0.15) is 31.2 Å². The SMILES string of the molecule is Cc1cc(Cl)n2nc(C(C)C)nc2c1. The first-order valence-corrected chi connectivity index (χ1v) is 4.98. The highest BCUT2D eigenvalue weighted by Crippen LogP contribution is 2.17. The Hall–Kier alpha value is -1.09. The normalized spacial score (nSPS) is 11.5. The van der Waals surface area contributed by atoms with Crippen LogP contribution in [0.3, 0.4) is 0 Å². The van der Waals surface area contributed by atoms with Crippen molar-refractivity contribution in [2.24, 2.45) is 0 Å². The Labute approximate surface area is 87.7 Å². The molecule has 2 rings (SSSR count). The van der Waals surface area contributed by atoms with Crippen LogP contribution in [-0.2, 0) is 0 Å². The van der Waals surface area contributed by atoms with Gasteiger partial charge in [-0.05, 0) is 24.6 Å². The third kappa shape index (κ3) is 1.48. The van der Waals surface area contributed by atoms with Crippen molar-refractivity contribution in [3.63, 3.8) is 0 Å². The van der Waals surface area contributed by atoms with Gasteiger partial charge in [0.05, 0.1) is 0 Å². The molecule has 0 bridgehead atoms. The van der Waals surface area contributed by atoms with E-state index in [9.17, 15) is 0 Å². The van der Waals surface area contributed by atoms with Crippen molar-refractivity contribution in [2.45, 2.75) is 26.7 Å². The number of aromatic nitrogens is 3. The number of fused-ring (bicyclic) bond motifs is 1. The summed E-state index contributed by atoms with van der Waals surface area (Å²) in [6.07, 6.45) is 0. The molecule has 0 saturated heterocycles. The van der Waals surface area contributed by atoms with Gasteiger partial charge < -0.3 is 0 Å². The molecule has 0 atom stereocenters. The summed E-state index contributed by atoms with van der Waals surface area (Å²) in [6.45, 7) is 6.13. The van der Waals surface area contributed by atoms with Gasteiger partial charge >= 0.3 is 0 Å². The van der Waals surface area contributed by atoms with E-state index >= 15 is 0 Å². The maximum absolute atomic E-state index is 6.04. The van der Waals surface area contributed by atoms with Crippen LogP contribution in [0.2, 0.25) is 5.15 Å². The molecule has 0 fully saturated rings. The lowest BCUT2D eigenvalue weighted by Gasteiger charge is -1.96. The second-order valence-corrected chi connectivity index (χ2v) is 4.14. The van der Waals surface area contributed by atoms with Crippen LogP contribution in [0.4, 0.5) is 0 Å². The molecule has 0 aliphatic heterocycles. The maximum atomic E-state index is 6.04. The van der Waals surface area contributed by atoms with Crippen LogP contribution in [0.25, 0.3) is 5.65 Å². The van der Waals surface area contributed by atoms with E-state index in [0.717, 1.165) is 17.0 Å². The van der Waals surface area contributed by atoms with E-state index in [4.69, 9.17) is 11.6 Å². The summed E-state index contributed by atoms with van der Waals surface area (Å²) < 4.78 is 1.67. The van der Waals surface area contributed by atoms with Gasteiger partial charge in [0.2, 0.25) is 0 Å². The first-order chi connectivity index (χ1) is 6.58. The van der Waals surface area contributed by atoms with Gasteiger partial charge in [-0.25, -0.2) is 9.50 Å². The molecule has 4 heteroatoms. The Morgan fingerprint density at radius 3 is 2.71 bits per heavy atom. The molecule has 0 saturated carbocycles. The molecule has 0 radical (unpaired) electrons. The molecule has 2 aromatic heterocycles. The van der Waals surface area contributed by atoms with Crippen molar-refractivity contribution in [3.8, 4) is 0 Å². The van der Waals surface area contributed by atoms with Crippen molar-refractivity contribution in [3.05, 3.63) is 28.7 Å². The number of pyridine rings is 1. The summed E-state index contributed by atoms with van der Waals surface area (Å²) in [5.41, 5.74) is 1.92. The van der Waals surface area contributed by atoms with Crippen LogP contribution >= 0.6 is 11.6 Å². The summed E-state index contributed by atoms with van der Waals surface area (Å²) in [5.74, 6) is 1.16. The Morgan fingerprint density at radius 1 is 1.36 bits per heavy atom. The van der Waals surface area contributed by atoms with E-state index in [0.29, 0.717) is 11.1 Å². The molecule has 0 aromatic carbocycles. The van der Waals surface area contributed by atoms with Gasteiger partial charge in [-0.1, -0.05) is 25.4 Å². The molecule has 3 nitrogen and oxygen atoms in total. The smallest absolute Gasteiger partial charge is 0.157 e. The van der Waals surface area contributed by atoms with E-state index in [-0.39, 0.29) is 0 Å². The first-order valence-electron chi connectivity index (χ1n) is 4.61. The van der Waals surface area contributed by atoms with Gasteiger partial charge in [0.1, 0.15) is 5.15 Å². The minimum atomic E-state index is 0.325. The zero-order valence-electron chi connectivity index (χ0n) is 8.45. The monoisotopic (exact) mass is 209 g/mol. The summed E-state index contributed by atoms with van der Waals surface area (Å²) in [4.78, 5) is 4.40. The van der Waals surface area contributed by atoms with Crippen LogP contribution in [-0.4, -0.2) is 14.6 Å². The predicted octanol–water partition coefficient (Wildman–Crippen LogP) is 2.81. The third-order valence-electron chi connectivity index (χ3n) is 2.07. The molecule has 0 unspecified atom stereocenters. The molecule has 2 heterocycles. The molecule has 0 aliphatic rings. The maximum Gasteiger partial charge on any atom is 0.157 e. The zero-order chi connectivity index (χ0) is 10.3. The summed E-state index contributed by atoms with van der Waals surface area (Å²) >= 11 is 6.04. The lowest BCUT2D eigenvalue weighted by molar-refractivity contribution is 0.765. The summed E-state index contributed by atoms with van der Waals surface area (Å²) in [5, 5.41) is 4.94. The molecule has 0 spiro atoms. The standard InChI is InChI=1S/C10H12ClN3/c1-6(2)10-12-9-5-7(3)4-8(11)14(9)13-10/h4-6H,1-3H3. The average molecular weight is 210 g/mol. The van der Waals surface area contributed by atoms with Gasteiger partial charge in [0.25, 0.3) is 0 Å². The van der Waals surface area contributed by atoms with E-state index in [1.807, 2.05) is 19.1 Å². The zero-order valence-corrected chi connectivity index (χ0v) is 9.21. The Bertz CT molecular complexity index is 473. The number of nitrogens with zero attached hydrogens (tertiary/aromatic N) is 3. The highest BCUT2D eigenvalue weighted by molar-refractivity contribution is 6.29. The van der Waals surface area contributed by atoms with Gasteiger partial charge in [0, 0.05) is 5.92 Å². The summed E-state index contributed by atoms with van der Waals surface area (Å²) in [7, 11) is 0. The second kappa shape index (κ2) is 3.24. The van der Waals surface area contributed by atoms with Crippen LogP contribution in [0.15, 0.2) is 12.1 Å². The van der Waals surface area contributed by atoms with E-state index in [1.165, 1.54) is 0 Å². The van der Waals surface area contributed by atoms with Gasteiger partial charge in [0.15, 0.2) is 11.5 Å². The molecule has 74 valence electrons. The quantitative estimate of drug-likeness (QED) is 0.677. The molecule has 2 aromatic rings. The van der Waals surface area contributed by atoms with Crippen molar-refractivity contribution in [2.75, 3.05) is 0 Å². The largest absolute Gasteiger partial charge is 0.212 e. The fourth-order valence-corrected chi connectivity index (χ4v) is 1.63. The Balaban J connectivity index is 2.70. The van der Waals surface area contributed by atoms with Gasteiger partial charge in [-0.3, -0.25) is 0 Å². The van der Waals surface area contributed by atoms with Crippen LogP contribution in [0.5, 0.6) is 0 Å². The lowest BCUT2D eigenvalue weighted by Crippen LogP contribution is -1.92. The van der Waals surface area contributed by atoms with Crippen molar-refractivity contribution < 1.29 is 0 Å². The Kier molecular flexibility index (Phi) is 2.19. The molecule has 0 N–H and O–H groups in total. The van der Waals surface area contributed by atoms with Gasteiger partial charge in [-0.15, -0.1) is 5.10 Å². The molecule has 0 amide bonds. The van der Waals surface area contributed by atoms with Gasteiger partial charge in [-0.2, -0.15) is 0 Å². The fourth-order valence-electron chi connectivity index (χ4n) is 1.33. The van der Waals surface area contributed by atoms with Crippen molar-refractivity contribution in [1.29, 1.82) is 0 Å². The van der Waals surface area contributed by atoms with Crippen LogP contribution < -0.4 is 0 Å². The molecular weight excluding hydrogens is 198 g/mol. The van der Waals surface area contributed by atoms with E-state index < -0.39 is 0 Å². The number of aryl methyl sites for hydroxylation is 1. The summed E-state index contributed by atoms with van der Waals surface area (Å²) in [6, 6.07) is 3.86. The highest BCUT2D eigenvalue weighted by atomic mass is 35.5. The number of hydrogen-bond donors (Lipinski definition) is 0. The molecule has 14 heavy (non-hydrogen) atoms. The van der Waals surface area contributed by atoms with E-state index in [1.54, 1.807) is 4.52 Å². The molecular formula is C10H12ClN3. The van der Waals surface area contributed by atoms with Crippen molar-refractivity contribution in [1.82, 2.24) is 14.6 Å². The highest BCUT2D eigenvalue weighted by Gasteiger charge is 2.09. The van der Waals surface area contributed by atoms with Crippen molar-refractivity contribution >= 4 is 17.2 Å². The second-order valence-electron chi connectivity index (χ2n) is 3.75. The molecule has 0 aliphatic carbocycles. The van der Waals surface area contributed by atoms with E-state index in [2.05, 4.69) is 23.9 Å². The fraction of sp³-hybridized carbons (Fsp3) is 0.400. The number of rotatable bonds is 1. The Morgan fingerprint density at radius 2 is 2.07 bits per heavy atom. The lowest BCUT2D eigenvalue weighted by atomic mass is 10.2.